The Kier molecular flexibility index (Phi) is 7.24. The summed E-state index contributed by atoms with van der Waals surface area (Å²) in [4.78, 5) is 27.2. The Bertz CT molecular complexity index is 1330. The standard InChI is InChI=1S/C29H31N3O2S2/c1-29(2,3)28-30-15-26(36-28)25(34)14-22(16-33)18-4-6-20(7-5-18)27-23-12-21(13-24(23)31-17-32-27)19-8-10-35-11-9-19/h4-8,13,15,17,22,33H,9-12,14,16H2,1-3H3. The van der Waals surface area contributed by atoms with Gasteiger partial charge in [0.25, 0.3) is 0 Å². The average molecular weight is 518 g/mol. The van der Waals surface area contributed by atoms with E-state index in [4.69, 9.17) is 0 Å². The molecule has 1 aliphatic heterocycles. The number of hydrogen-bond acceptors (Lipinski definition) is 7. The van der Waals surface area contributed by atoms with Crippen molar-refractivity contribution in [1.82, 2.24) is 15.0 Å². The van der Waals surface area contributed by atoms with Crippen molar-refractivity contribution in [2.24, 2.45) is 0 Å². The quantitative estimate of drug-likeness (QED) is 0.373. The van der Waals surface area contributed by atoms with Crippen molar-refractivity contribution >= 4 is 35.0 Å². The fourth-order valence-electron chi connectivity index (χ4n) is 4.68. The molecule has 7 heteroatoms. The van der Waals surface area contributed by atoms with Crippen LogP contribution in [-0.4, -0.2) is 44.0 Å². The first kappa shape index (κ1) is 25.1. The first-order valence-electron chi connectivity index (χ1n) is 12.4. The molecule has 0 amide bonds. The van der Waals surface area contributed by atoms with Gasteiger partial charge in [-0.15, -0.1) is 11.3 Å². The lowest BCUT2D eigenvalue weighted by molar-refractivity contribution is 0.0964. The topological polar surface area (TPSA) is 76.0 Å². The van der Waals surface area contributed by atoms with Crippen LogP contribution in [0.4, 0.5) is 0 Å². The van der Waals surface area contributed by atoms with Gasteiger partial charge in [0.05, 0.1) is 27.9 Å². The maximum absolute atomic E-state index is 12.9. The molecular weight excluding hydrogens is 486 g/mol. The van der Waals surface area contributed by atoms with Gasteiger partial charge in [0.2, 0.25) is 0 Å². The number of allylic oxidation sites excluding steroid dienone is 2. The van der Waals surface area contributed by atoms with Crippen LogP contribution in [0.2, 0.25) is 0 Å². The number of thioether (sulfide) groups is 1. The van der Waals surface area contributed by atoms with Crippen LogP contribution in [0.3, 0.4) is 0 Å². The molecule has 186 valence electrons. The van der Waals surface area contributed by atoms with E-state index in [0.29, 0.717) is 4.88 Å². The number of nitrogens with zero attached hydrogens (tertiary/aromatic N) is 3. The maximum atomic E-state index is 12.9. The zero-order chi connectivity index (χ0) is 25.3. The number of Topliss-reactive ketones (excluding diaryl/α,β-unsaturated/α-hetero) is 1. The molecule has 0 fully saturated rings. The van der Waals surface area contributed by atoms with E-state index in [0.717, 1.165) is 46.1 Å². The van der Waals surface area contributed by atoms with Gasteiger partial charge < -0.3 is 5.11 Å². The lowest BCUT2D eigenvalue weighted by atomic mass is 9.92. The molecule has 0 radical (unpaired) electrons. The fourth-order valence-corrected chi connectivity index (χ4v) is 6.45. The SMILES string of the molecule is CC(C)(C)c1ncc(C(=O)CC(CO)c2ccc(-c3ncnc4c3CC(C3=CCSCC3)=C4)cc2)s1. The van der Waals surface area contributed by atoms with Crippen molar-refractivity contribution in [3.63, 3.8) is 0 Å². The van der Waals surface area contributed by atoms with Crippen LogP contribution < -0.4 is 0 Å². The molecule has 1 unspecified atom stereocenters. The van der Waals surface area contributed by atoms with E-state index >= 15 is 0 Å². The summed E-state index contributed by atoms with van der Waals surface area (Å²) in [6.45, 7) is 6.19. The molecule has 0 bridgehead atoms. The van der Waals surface area contributed by atoms with Gasteiger partial charge in [-0.05, 0) is 35.0 Å². The Balaban J connectivity index is 1.31. The van der Waals surface area contributed by atoms with E-state index in [-0.39, 0.29) is 30.1 Å². The number of fused-ring (bicyclic) bond motifs is 1. The number of rotatable bonds is 7. The molecule has 2 aliphatic rings. The molecule has 3 aromatic rings. The van der Waals surface area contributed by atoms with Crippen LogP contribution in [-0.2, 0) is 11.8 Å². The minimum atomic E-state index is -0.257. The summed E-state index contributed by atoms with van der Waals surface area (Å²) in [6, 6.07) is 8.11. The zero-order valence-electron chi connectivity index (χ0n) is 21.0. The highest BCUT2D eigenvalue weighted by atomic mass is 32.2. The van der Waals surface area contributed by atoms with Crippen molar-refractivity contribution in [2.75, 3.05) is 18.1 Å². The van der Waals surface area contributed by atoms with Crippen molar-refractivity contribution < 1.29 is 9.90 Å². The summed E-state index contributed by atoms with van der Waals surface area (Å²) >= 11 is 3.43. The second kappa shape index (κ2) is 10.4. The maximum Gasteiger partial charge on any atom is 0.175 e. The second-order valence-corrected chi connectivity index (χ2v) is 12.6. The van der Waals surface area contributed by atoms with Gasteiger partial charge in [-0.2, -0.15) is 11.8 Å². The van der Waals surface area contributed by atoms with Crippen LogP contribution in [0, 0.1) is 0 Å². The van der Waals surface area contributed by atoms with Gasteiger partial charge in [-0.25, -0.2) is 15.0 Å². The number of carbonyl (C=O) groups excluding carboxylic acids is 1. The second-order valence-electron chi connectivity index (χ2n) is 10.4. The highest BCUT2D eigenvalue weighted by Gasteiger charge is 2.24. The monoisotopic (exact) mass is 517 g/mol. The van der Waals surface area contributed by atoms with Gasteiger partial charge in [0.15, 0.2) is 5.78 Å². The van der Waals surface area contributed by atoms with E-state index < -0.39 is 0 Å². The van der Waals surface area contributed by atoms with Crippen molar-refractivity contribution in [2.45, 2.75) is 51.4 Å². The number of thiazole rings is 1. The molecule has 1 atom stereocenters. The average Bonchev–Trinajstić information content (AvgIpc) is 3.56. The summed E-state index contributed by atoms with van der Waals surface area (Å²) in [7, 11) is 0. The fraction of sp³-hybridized carbons (Fsp3) is 0.379. The summed E-state index contributed by atoms with van der Waals surface area (Å²) in [5.41, 5.74) is 7.84. The molecule has 5 nitrogen and oxygen atoms in total. The number of hydrogen-bond donors (Lipinski definition) is 1. The zero-order valence-corrected chi connectivity index (χ0v) is 22.6. The molecule has 1 N–H and O–H groups in total. The van der Waals surface area contributed by atoms with E-state index in [1.54, 1.807) is 12.5 Å². The molecule has 0 saturated carbocycles. The normalized spacial score (nSPS) is 16.3. The number of benzene rings is 1. The first-order chi connectivity index (χ1) is 17.3. The van der Waals surface area contributed by atoms with Gasteiger partial charge >= 0.3 is 0 Å². The summed E-state index contributed by atoms with van der Waals surface area (Å²) in [5, 5.41) is 11.0. The Morgan fingerprint density at radius 2 is 1.92 bits per heavy atom. The molecule has 5 rings (SSSR count). The van der Waals surface area contributed by atoms with Crippen LogP contribution in [0.1, 0.15) is 71.0 Å². The van der Waals surface area contributed by atoms with Gasteiger partial charge in [-0.1, -0.05) is 51.1 Å². The van der Waals surface area contributed by atoms with E-state index in [1.807, 2.05) is 36.0 Å². The molecule has 1 aromatic carbocycles. The molecule has 2 aromatic heterocycles. The molecular formula is C29H31N3O2S2. The Morgan fingerprint density at radius 3 is 2.58 bits per heavy atom. The minimum Gasteiger partial charge on any atom is -0.396 e. The van der Waals surface area contributed by atoms with Gasteiger partial charge in [0, 0.05) is 47.3 Å². The Morgan fingerprint density at radius 1 is 1.11 bits per heavy atom. The number of aromatic nitrogens is 3. The molecule has 0 spiro atoms. The van der Waals surface area contributed by atoms with Crippen LogP contribution in [0.15, 0.2) is 54.0 Å². The third kappa shape index (κ3) is 5.24. The Labute approximate surface area is 220 Å². The summed E-state index contributed by atoms with van der Waals surface area (Å²) in [6.07, 6.45) is 10.1. The van der Waals surface area contributed by atoms with Gasteiger partial charge in [-0.3, -0.25) is 4.79 Å². The van der Waals surface area contributed by atoms with Crippen LogP contribution in [0.25, 0.3) is 17.3 Å². The predicted octanol–water partition coefficient (Wildman–Crippen LogP) is 6.25. The molecule has 36 heavy (non-hydrogen) atoms. The van der Waals surface area contributed by atoms with Crippen molar-refractivity contribution in [3.8, 4) is 11.3 Å². The molecule has 0 saturated heterocycles. The van der Waals surface area contributed by atoms with Crippen LogP contribution in [0.5, 0.6) is 0 Å². The first-order valence-corrected chi connectivity index (χ1v) is 14.3. The van der Waals surface area contributed by atoms with Crippen molar-refractivity contribution in [1.29, 1.82) is 0 Å². The predicted molar refractivity (Wildman–Crippen MR) is 149 cm³/mol. The third-order valence-electron chi connectivity index (χ3n) is 6.76. The van der Waals surface area contributed by atoms with Gasteiger partial charge in [0.1, 0.15) is 6.33 Å². The lowest BCUT2D eigenvalue weighted by Gasteiger charge is -2.15. The highest BCUT2D eigenvalue weighted by molar-refractivity contribution is 7.99. The molecule has 1 aliphatic carbocycles. The number of carbonyl (C=O) groups is 1. The highest BCUT2D eigenvalue weighted by Crippen LogP contribution is 2.37. The van der Waals surface area contributed by atoms with E-state index in [9.17, 15) is 9.90 Å². The number of aliphatic hydroxyl groups excluding tert-OH is 1. The number of ketones is 1. The van der Waals surface area contributed by atoms with E-state index in [1.165, 1.54) is 33.8 Å². The number of aliphatic hydroxyl groups is 1. The third-order valence-corrected chi connectivity index (χ3v) is 9.12. The largest absolute Gasteiger partial charge is 0.396 e. The van der Waals surface area contributed by atoms with E-state index in [2.05, 4.69) is 47.9 Å². The minimum absolute atomic E-state index is 0.0220. The summed E-state index contributed by atoms with van der Waals surface area (Å²) < 4.78 is 0. The van der Waals surface area contributed by atoms with Crippen molar-refractivity contribution in [3.05, 3.63) is 80.7 Å². The molecule has 3 heterocycles. The lowest BCUT2D eigenvalue weighted by Crippen LogP contribution is -2.11. The summed E-state index contributed by atoms with van der Waals surface area (Å²) in [5.74, 6) is 2.02. The Hall–Kier alpha value is -2.61. The van der Waals surface area contributed by atoms with Crippen LogP contribution >= 0.6 is 23.1 Å². The smallest absolute Gasteiger partial charge is 0.175 e.